The Balaban J connectivity index is 2.30. The number of nitrogens with zero attached hydrogens (tertiary/aromatic N) is 1. The molecule has 2 heterocycles. The van der Waals surface area contributed by atoms with Crippen molar-refractivity contribution in [1.82, 2.24) is 9.55 Å². The Morgan fingerprint density at radius 2 is 2.32 bits per heavy atom. The monoisotopic (exact) mass is 272 g/mol. The summed E-state index contributed by atoms with van der Waals surface area (Å²) in [6.45, 7) is 1.62. The maximum atomic E-state index is 13.1. The average Bonchev–Trinajstić information content (AvgIpc) is 2.75. The summed E-state index contributed by atoms with van der Waals surface area (Å²) in [6, 6.07) is 0. The fourth-order valence-corrected chi connectivity index (χ4v) is 1.99. The van der Waals surface area contributed by atoms with E-state index in [9.17, 15) is 23.9 Å². The van der Waals surface area contributed by atoms with Gasteiger partial charge < -0.3 is 9.84 Å². The van der Waals surface area contributed by atoms with Gasteiger partial charge in [-0.2, -0.15) is 4.39 Å². The van der Waals surface area contributed by atoms with Crippen LogP contribution in [0, 0.1) is 5.82 Å². The van der Waals surface area contributed by atoms with Crippen molar-refractivity contribution in [3.8, 4) is 0 Å². The van der Waals surface area contributed by atoms with Crippen molar-refractivity contribution in [2.45, 2.75) is 38.2 Å². The van der Waals surface area contributed by atoms with Crippen LogP contribution in [0.3, 0.4) is 0 Å². The molecule has 2 N–H and O–H groups in total. The van der Waals surface area contributed by atoms with Crippen molar-refractivity contribution < 1.29 is 19.0 Å². The van der Waals surface area contributed by atoms with Crippen LogP contribution in [0.4, 0.5) is 4.39 Å². The first kappa shape index (κ1) is 13.6. The molecule has 19 heavy (non-hydrogen) atoms. The molecule has 1 fully saturated rings. The molecule has 0 aromatic carbocycles. The van der Waals surface area contributed by atoms with E-state index in [0.29, 0.717) is 6.20 Å². The van der Waals surface area contributed by atoms with Gasteiger partial charge in [-0.05, 0) is 0 Å². The van der Waals surface area contributed by atoms with Crippen molar-refractivity contribution in [1.29, 1.82) is 0 Å². The highest BCUT2D eigenvalue weighted by Gasteiger charge is 2.39. The number of ketones is 1. The minimum atomic E-state index is -1.14. The van der Waals surface area contributed by atoms with Crippen molar-refractivity contribution in [3.05, 3.63) is 32.9 Å². The van der Waals surface area contributed by atoms with E-state index >= 15 is 0 Å². The highest BCUT2D eigenvalue weighted by atomic mass is 19.1. The summed E-state index contributed by atoms with van der Waals surface area (Å²) in [5, 5.41) is 9.71. The number of nitrogens with one attached hydrogen (secondary N) is 1. The van der Waals surface area contributed by atoms with Crippen LogP contribution in [-0.2, 0) is 9.53 Å². The fourth-order valence-electron chi connectivity index (χ4n) is 1.99. The molecule has 2 rings (SSSR count). The van der Waals surface area contributed by atoms with E-state index in [-0.39, 0.29) is 18.6 Å². The minimum absolute atomic E-state index is 0.0260. The number of hydrogen-bond donors (Lipinski definition) is 2. The number of aliphatic hydroxyl groups excluding tert-OH is 1. The van der Waals surface area contributed by atoms with Crippen LogP contribution in [0.25, 0.3) is 0 Å². The number of H-pyrrole nitrogens is 1. The Morgan fingerprint density at radius 3 is 2.95 bits per heavy atom. The number of rotatable bonds is 3. The average molecular weight is 272 g/mol. The van der Waals surface area contributed by atoms with Gasteiger partial charge >= 0.3 is 5.69 Å². The number of halogens is 1. The first-order chi connectivity index (χ1) is 8.93. The van der Waals surface area contributed by atoms with Gasteiger partial charge in [0.1, 0.15) is 12.3 Å². The zero-order valence-electron chi connectivity index (χ0n) is 10.1. The minimum Gasteiger partial charge on any atom is -0.390 e. The second kappa shape index (κ2) is 5.06. The summed E-state index contributed by atoms with van der Waals surface area (Å²) < 4.78 is 19.2. The molecule has 8 heteroatoms. The van der Waals surface area contributed by atoms with Gasteiger partial charge in [0, 0.05) is 12.8 Å². The lowest BCUT2D eigenvalue weighted by Gasteiger charge is -2.14. The lowest BCUT2D eigenvalue weighted by Crippen LogP contribution is -2.34. The first-order valence-electron chi connectivity index (χ1n) is 5.81. The zero-order chi connectivity index (χ0) is 14.2. The Hall–Kier alpha value is -1.80. The molecule has 0 aliphatic carbocycles. The molecule has 3 unspecified atom stereocenters. The summed E-state index contributed by atoms with van der Waals surface area (Å²) >= 11 is 0. The second-order valence-corrected chi connectivity index (χ2v) is 4.28. The van der Waals surface area contributed by atoms with E-state index in [1.165, 1.54) is 0 Å². The van der Waals surface area contributed by atoms with E-state index in [1.807, 2.05) is 0 Å². The lowest BCUT2D eigenvalue weighted by molar-refractivity contribution is -0.135. The molecule has 3 atom stereocenters. The van der Waals surface area contributed by atoms with Gasteiger partial charge in [-0.3, -0.25) is 19.1 Å². The van der Waals surface area contributed by atoms with Crippen LogP contribution in [0.5, 0.6) is 0 Å². The second-order valence-electron chi connectivity index (χ2n) is 4.28. The number of ether oxygens (including phenoxy) is 1. The number of carbonyl (C=O) groups is 1. The molecule has 104 valence electrons. The molecular weight excluding hydrogens is 259 g/mol. The molecule has 7 nitrogen and oxygen atoms in total. The molecule has 0 spiro atoms. The van der Waals surface area contributed by atoms with Crippen molar-refractivity contribution in [2.24, 2.45) is 0 Å². The molecule has 0 radical (unpaired) electrons. The number of aromatic amines is 1. The molecule has 0 saturated carbocycles. The largest absolute Gasteiger partial charge is 0.390 e. The van der Waals surface area contributed by atoms with Crippen molar-refractivity contribution >= 4 is 5.78 Å². The maximum Gasteiger partial charge on any atom is 0.330 e. The van der Waals surface area contributed by atoms with Crippen LogP contribution in [0.15, 0.2) is 15.8 Å². The summed E-state index contributed by atoms with van der Waals surface area (Å²) in [6.07, 6.45) is -2.20. The van der Waals surface area contributed by atoms with Crippen molar-refractivity contribution in [2.75, 3.05) is 0 Å². The normalized spacial score (nSPS) is 26.6. The number of aliphatic hydroxyl groups is 1. The smallest absolute Gasteiger partial charge is 0.330 e. The summed E-state index contributed by atoms with van der Waals surface area (Å²) in [7, 11) is 0. The molecule has 1 aliphatic rings. The first-order valence-corrected chi connectivity index (χ1v) is 5.81. The highest BCUT2D eigenvalue weighted by molar-refractivity contribution is 5.83. The molecule has 1 aromatic rings. The number of Topliss-reactive ketones (excluding diaryl/α,β-unsaturated/α-hetero) is 1. The third-order valence-corrected chi connectivity index (χ3v) is 3.00. The summed E-state index contributed by atoms with van der Waals surface area (Å²) in [5.41, 5.74) is -1.98. The lowest BCUT2D eigenvalue weighted by atomic mass is 10.1. The Morgan fingerprint density at radius 1 is 1.63 bits per heavy atom. The van der Waals surface area contributed by atoms with E-state index < -0.39 is 35.5 Å². The molecule has 1 aromatic heterocycles. The Bertz CT molecular complexity index is 608. The molecule has 0 amide bonds. The SMILES string of the molecule is CCC(=O)C1OC(n2cc(F)c(=O)[nH]c2=O)CC1O. The standard InChI is InChI=1S/C11H13FN2O5/c1-2-6(15)9-7(16)3-8(19-9)14-4-5(12)10(17)13-11(14)18/h4,7-9,16H,2-3H2,1H3,(H,13,17,18). The third kappa shape index (κ3) is 2.49. The molecule has 1 aliphatic heterocycles. The maximum absolute atomic E-state index is 13.1. The van der Waals surface area contributed by atoms with Gasteiger partial charge in [-0.15, -0.1) is 0 Å². The van der Waals surface area contributed by atoms with Gasteiger partial charge in [0.25, 0.3) is 5.56 Å². The van der Waals surface area contributed by atoms with E-state index in [2.05, 4.69) is 0 Å². The van der Waals surface area contributed by atoms with Crippen molar-refractivity contribution in [3.63, 3.8) is 0 Å². The zero-order valence-corrected chi connectivity index (χ0v) is 10.1. The summed E-state index contributed by atoms with van der Waals surface area (Å²) in [4.78, 5) is 35.7. The van der Waals surface area contributed by atoms with Gasteiger partial charge in [0.15, 0.2) is 5.78 Å². The van der Waals surface area contributed by atoms with E-state index in [0.717, 1.165) is 4.57 Å². The number of aromatic nitrogens is 2. The number of hydrogen-bond acceptors (Lipinski definition) is 5. The predicted octanol–water partition coefficient (Wildman–Crippen LogP) is -0.697. The summed E-state index contributed by atoms with van der Waals surface area (Å²) in [5.74, 6) is -1.43. The molecule has 0 bridgehead atoms. The topological polar surface area (TPSA) is 101 Å². The van der Waals surface area contributed by atoms with Gasteiger partial charge in [0.2, 0.25) is 5.82 Å². The highest BCUT2D eigenvalue weighted by Crippen LogP contribution is 2.28. The van der Waals surface area contributed by atoms with Crippen LogP contribution in [0.1, 0.15) is 26.0 Å². The van der Waals surface area contributed by atoms with E-state index in [1.54, 1.807) is 11.9 Å². The van der Waals surface area contributed by atoms with Crippen LogP contribution >= 0.6 is 0 Å². The van der Waals surface area contributed by atoms with Crippen LogP contribution < -0.4 is 11.2 Å². The van der Waals surface area contributed by atoms with Crippen LogP contribution in [0.2, 0.25) is 0 Å². The fraction of sp³-hybridized carbons (Fsp3) is 0.545. The third-order valence-electron chi connectivity index (χ3n) is 3.00. The number of carbonyl (C=O) groups excluding carboxylic acids is 1. The van der Waals surface area contributed by atoms with Gasteiger partial charge in [0.05, 0.1) is 12.3 Å². The Labute approximate surface area is 106 Å². The Kier molecular flexibility index (Phi) is 3.63. The predicted molar refractivity (Wildman–Crippen MR) is 61.1 cm³/mol. The molecular formula is C11H13FN2O5. The van der Waals surface area contributed by atoms with Gasteiger partial charge in [-0.25, -0.2) is 4.79 Å². The quantitative estimate of drug-likeness (QED) is 0.758. The van der Waals surface area contributed by atoms with Gasteiger partial charge in [-0.1, -0.05) is 6.92 Å². The van der Waals surface area contributed by atoms with E-state index in [4.69, 9.17) is 4.74 Å². The molecule has 1 saturated heterocycles. The van der Waals surface area contributed by atoms with Crippen LogP contribution in [-0.4, -0.2) is 32.6 Å².